The van der Waals surface area contributed by atoms with E-state index >= 15 is 0 Å². The zero-order valence-corrected chi connectivity index (χ0v) is 16.2. The number of carbonyl (C=O) groups is 1. The Balaban J connectivity index is 1.47. The van der Waals surface area contributed by atoms with Crippen molar-refractivity contribution in [2.75, 3.05) is 42.9 Å². The van der Waals surface area contributed by atoms with Gasteiger partial charge in [-0.05, 0) is 61.2 Å². The molecule has 0 bridgehead atoms. The average Bonchev–Trinajstić information content (AvgIpc) is 3.21. The molecule has 1 aromatic heterocycles. The van der Waals surface area contributed by atoms with Gasteiger partial charge in [0.1, 0.15) is 5.76 Å². The van der Waals surface area contributed by atoms with Crippen LogP contribution in [0.2, 0.25) is 0 Å². The maximum atomic E-state index is 11.9. The summed E-state index contributed by atoms with van der Waals surface area (Å²) in [7, 11) is 0. The summed E-state index contributed by atoms with van der Waals surface area (Å²) in [6.45, 7) is 7.58. The van der Waals surface area contributed by atoms with Gasteiger partial charge in [0.15, 0.2) is 5.11 Å². The lowest BCUT2D eigenvalue weighted by atomic mass is 10.2. The maximum Gasteiger partial charge on any atom is 0.250 e. The van der Waals surface area contributed by atoms with E-state index in [1.807, 2.05) is 12.1 Å². The Kier molecular flexibility index (Phi) is 6.62. The van der Waals surface area contributed by atoms with Crippen LogP contribution >= 0.6 is 12.2 Å². The molecule has 2 N–H and O–H groups in total. The Hall–Kier alpha value is -2.64. The molecule has 1 aliphatic heterocycles. The summed E-state index contributed by atoms with van der Waals surface area (Å²) in [6, 6.07) is 11.6. The molecule has 3 rings (SSSR count). The van der Waals surface area contributed by atoms with E-state index in [1.165, 1.54) is 11.8 Å². The summed E-state index contributed by atoms with van der Waals surface area (Å²) in [5.41, 5.74) is 2.04. The normalized spacial score (nSPS) is 15.1. The fourth-order valence-corrected chi connectivity index (χ4v) is 3.16. The largest absolute Gasteiger partial charge is 0.465 e. The number of piperazine rings is 1. The van der Waals surface area contributed by atoms with E-state index in [1.54, 1.807) is 24.5 Å². The minimum Gasteiger partial charge on any atom is -0.465 e. The fourth-order valence-electron chi connectivity index (χ4n) is 2.94. The van der Waals surface area contributed by atoms with Gasteiger partial charge in [0, 0.05) is 43.6 Å². The van der Waals surface area contributed by atoms with Crippen molar-refractivity contribution in [2.45, 2.75) is 6.92 Å². The van der Waals surface area contributed by atoms with Crippen molar-refractivity contribution >= 4 is 40.7 Å². The number of carbonyl (C=O) groups excluding carboxylic acids is 1. The standard InChI is InChI=1S/C20H24N4O2S/c1-2-23-11-13-24(14-12-23)17-7-5-16(6-8-17)21-20(27)22-19(25)10-9-18-4-3-15-26-18/h3-10,15H,2,11-14H2,1H3,(H2,21,22,25,27)/b10-9+. The topological polar surface area (TPSA) is 60.8 Å². The van der Waals surface area contributed by atoms with Gasteiger partial charge in [0.25, 0.3) is 0 Å². The number of likely N-dealkylation sites (N-methyl/N-ethyl adjacent to an activating group) is 1. The van der Waals surface area contributed by atoms with Crippen LogP contribution in [0.4, 0.5) is 11.4 Å². The predicted molar refractivity (Wildman–Crippen MR) is 113 cm³/mol. The third-order valence-electron chi connectivity index (χ3n) is 4.49. The van der Waals surface area contributed by atoms with Crippen LogP contribution in [0.5, 0.6) is 0 Å². The number of hydrogen-bond acceptors (Lipinski definition) is 5. The molecule has 27 heavy (non-hydrogen) atoms. The van der Waals surface area contributed by atoms with Crippen LogP contribution in [0.1, 0.15) is 12.7 Å². The van der Waals surface area contributed by atoms with Crippen LogP contribution < -0.4 is 15.5 Å². The van der Waals surface area contributed by atoms with Gasteiger partial charge in [-0.1, -0.05) is 6.92 Å². The van der Waals surface area contributed by atoms with Crippen molar-refractivity contribution < 1.29 is 9.21 Å². The highest BCUT2D eigenvalue weighted by Gasteiger charge is 2.15. The zero-order valence-electron chi connectivity index (χ0n) is 15.4. The molecule has 0 spiro atoms. The number of benzene rings is 1. The SMILES string of the molecule is CCN1CCN(c2ccc(NC(=S)NC(=O)/C=C/c3ccco3)cc2)CC1. The maximum absolute atomic E-state index is 11.9. The van der Waals surface area contributed by atoms with Crippen molar-refractivity contribution in [1.82, 2.24) is 10.2 Å². The summed E-state index contributed by atoms with van der Waals surface area (Å²) in [6.07, 6.45) is 4.52. The second-order valence-electron chi connectivity index (χ2n) is 6.26. The Morgan fingerprint density at radius 3 is 2.56 bits per heavy atom. The van der Waals surface area contributed by atoms with E-state index in [0.29, 0.717) is 5.76 Å². The summed E-state index contributed by atoms with van der Waals surface area (Å²) in [5.74, 6) is 0.300. The predicted octanol–water partition coefficient (Wildman–Crippen LogP) is 2.95. The number of hydrogen-bond donors (Lipinski definition) is 2. The first-order valence-corrected chi connectivity index (χ1v) is 9.46. The molecule has 0 aliphatic carbocycles. The van der Waals surface area contributed by atoms with Crippen molar-refractivity contribution in [3.8, 4) is 0 Å². The molecule has 2 aromatic rings. The second kappa shape index (κ2) is 9.34. The van der Waals surface area contributed by atoms with Crippen LogP contribution in [0, 0.1) is 0 Å². The Bertz CT molecular complexity index is 779. The summed E-state index contributed by atoms with van der Waals surface area (Å²) in [4.78, 5) is 16.7. The highest BCUT2D eigenvalue weighted by Crippen LogP contribution is 2.19. The molecule has 0 unspecified atom stereocenters. The van der Waals surface area contributed by atoms with E-state index in [4.69, 9.17) is 16.6 Å². The summed E-state index contributed by atoms with van der Waals surface area (Å²) in [5, 5.41) is 5.90. The van der Waals surface area contributed by atoms with Gasteiger partial charge in [0.05, 0.1) is 6.26 Å². The number of nitrogens with zero attached hydrogens (tertiary/aromatic N) is 2. The number of amides is 1. The van der Waals surface area contributed by atoms with Gasteiger partial charge in [0.2, 0.25) is 5.91 Å². The molecule has 1 amide bonds. The van der Waals surface area contributed by atoms with E-state index in [0.717, 1.165) is 38.4 Å². The van der Waals surface area contributed by atoms with Crippen LogP contribution in [-0.2, 0) is 4.79 Å². The first-order valence-electron chi connectivity index (χ1n) is 9.05. The molecule has 1 aromatic carbocycles. The zero-order chi connectivity index (χ0) is 19.1. The second-order valence-corrected chi connectivity index (χ2v) is 6.67. The average molecular weight is 385 g/mol. The van der Waals surface area contributed by atoms with Crippen molar-refractivity contribution in [3.05, 3.63) is 54.5 Å². The molecule has 1 aliphatic rings. The summed E-state index contributed by atoms with van der Waals surface area (Å²) >= 11 is 5.19. The first-order chi connectivity index (χ1) is 13.1. The van der Waals surface area contributed by atoms with Gasteiger partial charge < -0.3 is 19.5 Å². The lowest BCUT2D eigenvalue weighted by molar-refractivity contribution is -0.115. The molecular weight excluding hydrogens is 360 g/mol. The van der Waals surface area contributed by atoms with Crippen LogP contribution in [-0.4, -0.2) is 48.6 Å². The van der Waals surface area contributed by atoms with Crippen LogP contribution in [0.15, 0.2) is 53.2 Å². The van der Waals surface area contributed by atoms with Gasteiger partial charge in [-0.3, -0.25) is 10.1 Å². The monoisotopic (exact) mass is 384 g/mol. The number of anilines is 2. The smallest absolute Gasteiger partial charge is 0.250 e. The van der Waals surface area contributed by atoms with E-state index in [9.17, 15) is 4.79 Å². The number of thiocarbonyl (C=S) groups is 1. The van der Waals surface area contributed by atoms with Gasteiger partial charge >= 0.3 is 0 Å². The molecule has 2 heterocycles. The van der Waals surface area contributed by atoms with Crippen LogP contribution in [0.25, 0.3) is 6.08 Å². The molecule has 6 nitrogen and oxygen atoms in total. The lowest BCUT2D eigenvalue weighted by Crippen LogP contribution is -2.46. The van der Waals surface area contributed by atoms with Gasteiger partial charge in [-0.2, -0.15) is 0 Å². The van der Waals surface area contributed by atoms with E-state index in [-0.39, 0.29) is 11.0 Å². The number of furan rings is 1. The minimum atomic E-state index is -0.311. The quantitative estimate of drug-likeness (QED) is 0.611. The highest BCUT2D eigenvalue weighted by molar-refractivity contribution is 7.80. The van der Waals surface area contributed by atoms with Crippen molar-refractivity contribution in [1.29, 1.82) is 0 Å². The summed E-state index contributed by atoms with van der Waals surface area (Å²) < 4.78 is 5.14. The molecule has 0 saturated carbocycles. The van der Waals surface area contributed by atoms with E-state index < -0.39 is 0 Å². The molecule has 0 radical (unpaired) electrons. The van der Waals surface area contributed by atoms with Crippen molar-refractivity contribution in [3.63, 3.8) is 0 Å². The van der Waals surface area contributed by atoms with Crippen LogP contribution in [0.3, 0.4) is 0 Å². The first kappa shape index (κ1) is 19.1. The number of nitrogens with one attached hydrogen (secondary N) is 2. The number of rotatable bonds is 5. The van der Waals surface area contributed by atoms with Gasteiger partial charge in [-0.15, -0.1) is 0 Å². The molecule has 0 atom stereocenters. The lowest BCUT2D eigenvalue weighted by Gasteiger charge is -2.35. The molecular formula is C20H24N4O2S. The molecule has 1 fully saturated rings. The highest BCUT2D eigenvalue weighted by atomic mass is 32.1. The van der Waals surface area contributed by atoms with Crippen molar-refractivity contribution in [2.24, 2.45) is 0 Å². The van der Waals surface area contributed by atoms with Gasteiger partial charge in [-0.25, -0.2) is 0 Å². The van der Waals surface area contributed by atoms with E-state index in [2.05, 4.69) is 39.5 Å². The Labute approximate surface area is 164 Å². The third kappa shape index (κ3) is 5.67. The Morgan fingerprint density at radius 2 is 1.93 bits per heavy atom. The fraction of sp³-hybridized carbons (Fsp3) is 0.300. The minimum absolute atomic E-state index is 0.258. The third-order valence-corrected chi connectivity index (χ3v) is 4.69. The molecule has 1 saturated heterocycles. The molecule has 7 heteroatoms. The molecule has 142 valence electrons. The Morgan fingerprint density at radius 1 is 1.19 bits per heavy atom.